The summed E-state index contributed by atoms with van der Waals surface area (Å²) in [5, 5.41) is 2.73. The predicted molar refractivity (Wildman–Crippen MR) is 80.9 cm³/mol. The maximum absolute atomic E-state index is 13.7. The minimum Gasteiger partial charge on any atom is -0.378 e. The number of carbonyl (C=O) groups is 1. The average Bonchev–Trinajstić information content (AvgIpc) is 2.45. The van der Waals surface area contributed by atoms with Crippen LogP contribution in [0.4, 0.5) is 15.8 Å². The van der Waals surface area contributed by atoms with E-state index < -0.39 is 0 Å². The summed E-state index contributed by atoms with van der Waals surface area (Å²) in [6, 6.07) is 4.57. The zero-order chi connectivity index (χ0) is 15.2. The van der Waals surface area contributed by atoms with E-state index in [1.165, 1.54) is 12.1 Å². The van der Waals surface area contributed by atoms with Crippen LogP contribution in [0.1, 0.15) is 19.8 Å². The van der Waals surface area contributed by atoms with E-state index in [-0.39, 0.29) is 17.8 Å². The average molecular weight is 295 g/mol. The topological polar surface area (TPSA) is 67.6 Å². The molecule has 0 aliphatic carbocycles. The van der Waals surface area contributed by atoms with Crippen molar-refractivity contribution in [1.82, 2.24) is 0 Å². The van der Waals surface area contributed by atoms with Gasteiger partial charge in [0, 0.05) is 36.9 Å². The second-order valence-electron chi connectivity index (χ2n) is 5.36. The molecule has 21 heavy (non-hydrogen) atoms. The number of nitrogens with two attached hydrogens (primary N) is 1. The molecule has 0 bridgehead atoms. The maximum atomic E-state index is 13.7. The van der Waals surface area contributed by atoms with E-state index in [1.54, 1.807) is 6.07 Å². The Hall–Kier alpha value is -1.66. The Morgan fingerprint density at radius 1 is 1.43 bits per heavy atom. The fourth-order valence-corrected chi connectivity index (χ4v) is 2.23. The van der Waals surface area contributed by atoms with E-state index in [4.69, 9.17) is 10.5 Å². The van der Waals surface area contributed by atoms with Crippen LogP contribution in [-0.2, 0) is 9.53 Å². The van der Waals surface area contributed by atoms with Gasteiger partial charge in [-0.15, -0.1) is 0 Å². The molecular weight excluding hydrogens is 273 g/mol. The van der Waals surface area contributed by atoms with Crippen molar-refractivity contribution in [2.75, 3.05) is 36.5 Å². The molecule has 1 aromatic rings. The first-order valence-corrected chi connectivity index (χ1v) is 7.23. The molecule has 0 radical (unpaired) electrons. The molecule has 0 saturated carbocycles. The first-order valence-electron chi connectivity index (χ1n) is 7.23. The number of hydrogen-bond acceptors (Lipinski definition) is 4. The molecule has 0 spiro atoms. The lowest BCUT2D eigenvalue weighted by atomic mass is 10.2. The number of rotatable bonds is 5. The summed E-state index contributed by atoms with van der Waals surface area (Å²) in [5.41, 5.74) is 6.86. The molecule has 1 amide bonds. The van der Waals surface area contributed by atoms with E-state index in [2.05, 4.69) is 5.32 Å². The van der Waals surface area contributed by atoms with Gasteiger partial charge in [0.1, 0.15) is 5.82 Å². The van der Waals surface area contributed by atoms with E-state index in [1.807, 2.05) is 11.8 Å². The van der Waals surface area contributed by atoms with Crippen LogP contribution in [0.2, 0.25) is 0 Å². The summed E-state index contributed by atoms with van der Waals surface area (Å²) >= 11 is 0. The van der Waals surface area contributed by atoms with Gasteiger partial charge in [0.05, 0.1) is 13.2 Å². The van der Waals surface area contributed by atoms with Crippen LogP contribution in [0.3, 0.4) is 0 Å². The van der Waals surface area contributed by atoms with Gasteiger partial charge in [-0.3, -0.25) is 4.79 Å². The molecule has 1 unspecified atom stereocenters. The number of nitrogens with one attached hydrogen (secondary N) is 1. The number of halogens is 1. The van der Waals surface area contributed by atoms with Crippen molar-refractivity contribution in [1.29, 1.82) is 0 Å². The van der Waals surface area contributed by atoms with Gasteiger partial charge in [-0.05, 0) is 31.5 Å². The van der Waals surface area contributed by atoms with Crippen LogP contribution in [0.25, 0.3) is 0 Å². The van der Waals surface area contributed by atoms with Crippen molar-refractivity contribution in [2.45, 2.75) is 25.8 Å². The molecule has 116 valence electrons. The van der Waals surface area contributed by atoms with Gasteiger partial charge in [-0.2, -0.15) is 0 Å². The summed E-state index contributed by atoms with van der Waals surface area (Å²) in [5.74, 6) is -0.507. The molecule has 3 N–H and O–H groups in total. The Labute approximate surface area is 124 Å². The Bertz CT molecular complexity index is 488. The summed E-state index contributed by atoms with van der Waals surface area (Å²) in [4.78, 5) is 13.8. The number of hydrogen-bond donors (Lipinski definition) is 2. The van der Waals surface area contributed by atoms with Crippen LogP contribution in [-0.4, -0.2) is 38.3 Å². The third kappa shape index (κ3) is 4.99. The Balaban J connectivity index is 2.02. The van der Waals surface area contributed by atoms with Crippen molar-refractivity contribution in [3.05, 3.63) is 24.0 Å². The van der Waals surface area contributed by atoms with E-state index in [0.29, 0.717) is 31.7 Å². The molecular formula is C15H22FN3O2. The third-order valence-electron chi connectivity index (χ3n) is 3.37. The van der Waals surface area contributed by atoms with Crippen LogP contribution >= 0.6 is 0 Å². The van der Waals surface area contributed by atoms with Crippen molar-refractivity contribution >= 4 is 17.3 Å². The molecule has 2 rings (SSSR count). The summed E-state index contributed by atoms with van der Waals surface area (Å²) in [6.07, 6.45) is 0.943. The Morgan fingerprint density at radius 2 is 2.14 bits per heavy atom. The molecule has 6 heteroatoms. The van der Waals surface area contributed by atoms with Gasteiger partial charge < -0.3 is 20.7 Å². The number of anilines is 2. The minimum atomic E-state index is -0.360. The highest BCUT2D eigenvalue weighted by Gasteiger charge is 2.14. The first kappa shape index (κ1) is 15.7. The molecule has 1 heterocycles. The molecule has 5 nitrogen and oxygen atoms in total. The van der Waals surface area contributed by atoms with Crippen molar-refractivity contribution in [3.63, 3.8) is 0 Å². The SMILES string of the molecule is CC(N)CCC(=O)Nc1cc(F)cc(N2CCOCC2)c1. The number of benzene rings is 1. The number of ether oxygens (including phenoxy) is 1. The molecule has 1 saturated heterocycles. The predicted octanol–water partition coefficient (Wildman–Crippen LogP) is 1.73. The zero-order valence-corrected chi connectivity index (χ0v) is 12.3. The molecule has 1 atom stereocenters. The molecule has 1 aromatic carbocycles. The largest absolute Gasteiger partial charge is 0.378 e. The lowest BCUT2D eigenvalue weighted by Crippen LogP contribution is -2.36. The lowest BCUT2D eigenvalue weighted by molar-refractivity contribution is -0.116. The summed E-state index contributed by atoms with van der Waals surface area (Å²) in [7, 11) is 0. The highest BCUT2D eigenvalue weighted by molar-refractivity contribution is 5.91. The van der Waals surface area contributed by atoms with Crippen LogP contribution in [0, 0.1) is 5.82 Å². The minimum absolute atomic E-state index is 0.0211. The smallest absolute Gasteiger partial charge is 0.224 e. The monoisotopic (exact) mass is 295 g/mol. The van der Waals surface area contributed by atoms with Crippen molar-refractivity contribution in [2.24, 2.45) is 5.73 Å². The van der Waals surface area contributed by atoms with Gasteiger partial charge in [-0.25, -0.2) is 4.39 Å². The number of morpholine rings is 1. The van der Waals surface area contributed by atoms with Gasteiger partial charge >= 0.3 is 0 Å². The van der Waals surface area contributed by atoms with Gasteiger partial charge in [0.25, 0.3) is 0 Å². The normalized spacial score (nSPS) is 16.6. The zero-order valence-electron chi connectivity index (χ0n) is 12.3. The highest BCUT2D eigenvalue weighted by atomic mass is 19.1. The molecule has 1 fully saturated rings. The van der Waals surface area contributed by atoms with Crippen LogP contribution in [0.15, 0.2) is 18.2 Å². The summed E-state index contributed by atoms with van der Waals surface area (Å²) in [6.45, 7) is 4.56. The maximum Gasteiger partial charge on any atom is 0.224 e. The molecule has 1 aliphatic heterocycles. The molecule has 1 aliphatic rings. The van der Waals surface area contributed by atoms with E-state index >= 15 is 0 Å². The van der Waals surface area contributed by atoms with E-state index in [0.717, 1.165) is 18.8 Å². The standard InChI is InChI=1S/C15H22FN3O2/c1-11(17)2-3-15(20)18-13-8-12(16)9-14(10-13)19-4-6-21-7-5-19/h8-11H,2-7,17H2,1H3,(H,18,20). The van der Waals surface area contributed by atoms with E-state index in [9.17, 15) is 9.18 Å². The second kappa shape index (κ2) is 7.38. The fraction of sp³-hybridized carbons (Fsp3) is 0.533. The Kier molecular flexibility index (Phi) is 5.52. The highest BCUT2D eigenvalue weighted by Crippen LogP contribution is 2.23. The van der Waals surface area contributed by atoms with Crippen LogP contribution in [0.5, 0.6) is 0 Å². The lowest BCUT2D eigenvalue weighted by Gasteiger charge is -2.29. The fourth-order valence-electron chi connectivity index (χ4n) is 2.23. The number of nitrogens with zero attached hydrogens (tertiary/aromatic N) is 1. The quantitative estimate of drug-likeness (QED) is 0.868. The van der Waals surface area contributed by atoms with Gasteiger partial charge in [0.15, 0.2) is 0 Å². The molecule has 0 aromatic heterocycles. The van der Waals surface area contributed by atoms with Crippen molar-refractivity contribution in [3.8, 4) is 0 Å². The summed E-state index contributed by atoms with van der Waals surface area (Å²) < 4.78 is 19.0. The van der Waals surface area contributed by atoms with Crippen LogP contribution < -0.4 is 16.0 Å². The van der Waals surface area contributed by atoms with Gasteiger partial charge in [0.2, 0.25) is 5.91 Å². The number of amides is 1. The first-order chi connectivity index (χ1) is 10.0. The van der Waals surface area contributed by atoms with Gasteiger partial charge in [-0.1, -0.05) is 0 Å². The third-order valence-corrected chi connectivity index (χ3v) is 3.37. The van der Waals surface area contributed by atoms with Crippen molar-refractivity contribution < 1.29 is 13.9 Å². The number of carbonyl (C=O) groups excluding carboxylic acids is 1. The second-order valence-corrected chi connectivity index (χ2v) is 5.36. The Morgan fingerprint density at radius 3 is 2.81 bits per heavy atom.